The van der Waals surface area contributed by atoms with E-state index in [1.54, 1.807) is 0 Å². The minimum absolute atomic E-state index is 0.0187. The molecule has 0 radical (unpaired) electrons. The molecule has 2 aromatic heterocycles. The summed E-state index contributed by atoms with van der Waals surface area (Å²) in [5, 5.41) is 0. The summed E-state index contributed by atoms with van der Waals surface area (Å²) in [6.07, 6.45) is 9.04. The van der Waals surface area contributed by atoms with Crippen LogP contribution in [0.25, 0.3) is 11.2 Å². The van der Waals surface area contributed by atoms with E-state index in [4.69, 9.17) is 20.9 Å². The number of ether oxygens (including phenoxy) is 2. The maximum absolute atomic E-state index is 12.3. The Hall–Kier alpha value is -2.95. The van der Waals surface area contributed by atoms with E-state index in [1.807, 2.05) is 13.8 Å². The average molecular weight is 507 g/mol. The SMILES string of the molecule is CCCCCCCCCC(=O)OCC(CCOC(=O)[C@@H](N)C(C)C)Cc1nc2nc(N)[nH]c(=O)c2[nH]1. The lowest BCUT2D eigenvalue weighted by atomic mass is 10.0. The average Bonchev–Trinajstić information content (AvgIpc) is 3.23. The van der Waals surface area contributed by atoms with Gasteiger partial charge in [-0.05, 0) is 18.8 Å². The van der Waals surface area contributed by atoms with Gasteiger partial charge in [-0.15, -0.1) is 0 Å². The van der Waals surface area contributed by atoms with Crippen molar-refractivity contribution in [2.75, 3.05) is 18.9 Å². The zero-order valence-corrected chi connectivity index (χ0v) is 21.8. The fraction of sp³-hybridized carbons (Fsp3) is 0.720. The van der Waals surface area contributed by atoms with Crippen molar-refractivity contribution in [1.82, 2.24) is 19.9 Å². The minimum atomic E-state index is -0.693. The Morgan fingerprint density at radius 2 is 1.69 bits per heavy atom. The van der Waals surface area contributed by atoms with Crippen LogP contribution in [0.4, 0.5) is 5.95 Å². The Morgan fingerprint density at radius 1 is 1.00 bits per heavy atom. The second-order valence-electron chi connectivity index (χ2n) is 9.68. The maximum Gasteiger partial charge on any atom is 0.323 e. The van der Waals surface area contributed by atoms with Gasteiger partial charge in [0.2, 0.25) is 5.95 Å². The Morgan fingerprint density at radius 3 is 2.39 bits per heavy atom. The number of fused-ring (bicyclic) bond motifs is 1. The van der Waals surface area contributed by atoms with Crippen molar-refractivity contribution in [1.29, 1.82) is 0 Å². The second kappa shape index (κ2) is 15.2. The number of unbranched alkanes of at least 4 members (excludes halogenated alkanes) is 6. The number of nitrogens with zero attached hydrogens (tertiary/aromatic N) is 2. The van der Waals surface area contributed by atoms with Crippen LogP contribution in [0.1, 0.15) is 84.4 Å². The molecular weight excluding hydrogens is 464 g/mol. The first kappa shape index (κ1) is 29.3. The molecule has 0 amide bonds. The van der Waals surface area contributed by atoms with E-state index in [1.165, 1.54) is 25.7 Å². The minimum Gasteiger partial charge on any atom is -0.465 e. The van der Waals surface area contributed by atoms with Crippen LogP contribution in [0, 0.1) is 11.8 Å². The van der Waals surface area contributed by atoms with Crippen molar-refractivity contribution in [3.63, 3.8) is 0 Å². The van der Waals surface area contributed by atoms with Crippen LogP contribution in [-0.2, 0) is 25.5 Å². The molecular formula is C25H42N6O5. The number of imidazole rings is 1. The summed E-state index contributed by atoms with van der Waals surface area (Å²) < 4.78 is 10.9. The van der Waals surface area contributed by atoms with Crippen LogP contribution >= 0.6 is 0 Å². The van der Waals surface area contributed by atoms with E-state index in [0.29, 0.717) is 25.1 Å². The number of nitrogens with one attached hydrogen (secondary N) is 2. The lowest BCUT2D eigenvalue weighted by molar-refractivity contribution is -0.149. The zero-order chi connectivity index (χ0) is 26.5. The monoisotopic (exact) mass is 506 g/mol. The summed E-state index contributed by atoms with van der Waals surface area (Å²) in [7, 11) is 0. The fourth-order valence-electron chi connectivity index (χ4n) is 3.79. The van der Waals surface area contributed by atoms with E-state index < -0.39 is 17.6 Å². The summed E-state index contributed by atoms with van der Waals surface area (Å²) in [6.45, 7) is 6.17. The molecule has 0 saturated heterocycles. The maximum atomic E-state index is 12.3. The van der Waals surface area contributed by atoms with Crippen LogP contribution in [-0.4, -0.2) is 51.1 Å². The lowest BCUT2D eigenvalue weighted by Crippen LogP contribution is -2.37. The second-order valence-corrected chi connectivity index (χ2v) is 9.68. The topological polar surface area (TPSA) is 179 Å². The van der Waals surface area contributed by atoms with Crippen LogP contribution in [0.5, 0.6) is 0 Å². The molecule has 202 valence electrons. The van der Waals surface area contributed by atoms with Crippen LogP contribution in [0.15, 0.2) is 4.79 Å². The number of carbonyl (C=O) groups excluding carboxylic acids is 2. The number of aromatic amines is 2. The van der Waals surface area contributed by atoms with Crippen molar-refractivity contribution in [2.24, 2.45) is 17.6 Å². The first-order valence-electron chi connectivity index (χ1n) is 13.0. The van der Waals surface area contributed by atoms with Gasteiger partial charge in [0.15, 0.2) is 11.2 Å². The smallest absolute Gasteiger partial charge is 0.323 e. The van der Waals surface area contributed by atoms with Gasteiger partial charge in [-0.1, -0.05) is 59.3 Å². The summed E-state index contributed by atoms with van der Waals surface area (Å²) in [5.41, 5.74) is 11.5. The normalized spacial score (nSPS) is 13.1. The van der Waals surface area contributed by atoms with Crippen molar-refractivity contribution in [2.45, 2.75) is 91.0 Å². The predicted molar refractivity (Wildman–Crippen MR) is 138 cm³/mol. The van der Waals surface area contributed by atoms with Gasteiger partial charge in [0, 0.05) is 18.8 Å². The number of nitrogen functional groups attached to an aromatic ring is 1. The van der Waals surface area contributed by atoms with E-state index >= 15 is 0 Å². The van der Waals surface area contributed by atoms with Gasteiger partial charge in [0.05, 0.1) is 13.2 Å². The molecule has 0 saturated carbocycles. The largest absolute Gasteiger partial charge is 0.465 e. The molecule has 11 nitrogen and oxygen atoms in total. The van der Waals surface area contributed by atoms with Crippen molar-refractivity contribution >= 4 is 29.1 Å². The summed E-state index contributed by atoms with van der Waals surface area (Å²) >= 11 is 0. The van der Waals surface area contributed by atoms with Gasteiger partial charge in [0.25, 0.3) is 5.56 Å². The molecule has 2 heterocycles. The van der Waals surface area contributed by atoms with Crippen LogP contribution in [0.3, 0.4) is 0 Å². The highest BCUT2D eigenvalue weighted by Gasteiger charge is 2.21. The number of nitrogens with two attached hydrogens (primary N) is 2. The third-order valence-corrected chi connectivity index (χ3v) is 6.14. The van der Waals surface area contributed by atoms with Crippen molar-refractivity contribution in [3.05, 3.63) is 16.2 Å². The summed E-state index contributed by atoms with van der Waals surface area (Å²) in [4.78, 5) is 50.3. The van der Waals surface area contributed by atoms with Gasteiger partial charge in [0.1, 0.15) is 11.9 Å². The fourth-order valence-corrected chi connectivity index (χ4v) is 3.79. The highest BCUT2D eigenvalue weighted by molar-refractivity contribution is 5.75. The highest BCUT2D eigenvalue weighted by Crippen LogP contribution is 2.15. The number of H-pyrrole nitrogens is 2. The molecule has 2 aromatic rings. The Balaban J connectivity index is 1.91. The molecule has 2 atom stereocenters. The molecule has 0 aliphatic carbocycles. The summed E-state index contributed by atoms with van der Waals surface area (Å²) in [6, 6.07) is -0.693. The summed E-state index contributed by atoms with van der Waals surface area (Å²) in [5.74, 6) is -0.447. The van der Waals surface area contributed by atoms with Gasteiger partial charge >= 0.3 is 11.9 Å². The van der Waals surface area contributed by atoms with E-state index in [-0.39, 0.29) is 48.1 Å². The molecule has 0 spiro atoms. The Kier molecular flexibility index (Phi) is 12.4. The molecule has 0 aliphatic heterocycles. The molecule has 6 N–H and O–H groups in total. The molecule has 11 heteroatoms. The molecule has 0 aliphatic rings. The third kappa shape index (κ3) is 9.96. The van der Waals surface area contributed by atoms with Gasteiger partial charge in [-0.2, -0.15) is 4.98 Å². The quantitative estimate of drug-likeness (QED) is 0.185. The zero-order valence-electron chi connectivity index (χ0n) is 21.8. The van der Waals surface area contributed by atoms with Crippen molar-refractivity contribution in [3.8, 4) is 0 Å². The highest BCUT2D eigenvalue weighted by atomic mass is 16.5. The van der Waals surface area contributed by atoms with E-state index in [0.717, 1.165) is 19.3 Å². The van der Waals surface area contributed by atoms with Gasteiger partial charge < -0.3 is 25.9 Å². The number of aromatic nitrogens is 4. The van der Waals surface area contributed by atoms with Crippen LogP contribution < -0.4 is 17.0 Å². The third-order valence-electron chi connectivity index (χ3n) is 6.14. The number of hydrogen-bond donors (Lipinski definition) is 4. The first-order chi connectivity index (χ1) is 17.2. The van der Waals surface area contributed by atoms with Gasteiger partial charge in [-0.3, -0.25) is 19.4 Å². The van der Waals surface area contributed by atoms with Crippen molar-refractivity contribution < 1.29 is 19.1 Å². The number of rotatable bonds is 17. The molecule has 0 aromatic carbocycles. The molecule has 0 fully saturated rings. The molecule has 36 heavy (non-hydrogen) atoms. The van der Waals surface area contributed by atoms with Crippen LogP contribution in [0.2, 0.25) is 0 Å². The predicted octanol–water partition coefficient (Wildman–Crippen LogP) is 2.99. The van der Waals surface area contributed by atoms with E-state index in [2.05, 4.69) is 26.9 Å². The molecule has 0 bridgehead atoms. The Labute approximate surface area is 212 Å². The van der Waals surface area contributed by atoms with E-state index in [9.17, 15) is 14.4 Å². The molecule has 2 rings (SSSR count). The standard InChI is InChI=1S/C25H42N6O5/c1-4-5-6-7-8-9-10-11-19(32)36-15-17(12-13-35-24(34)20(26)16(2)3)14-18-28-21-22(29-18)30-25(27)31-23(21)33/h16-17,20H,4-15,26H2,1-3H3,(H4,27,28,29,30,31,33)/t17?,20-/m0/s1. The van der Waals surface area contributed by atoms with Gasteiger partial charge in [-0.25, -0.2) is 4.98 Å². The lowest BCUT2D eigenvalue weighted by Gasteiger charge is -2.18. The molecule has 1 unspecified atom stereocenters. The Bertz CT molecular complexity index is 1020. The number of anilines is 1. The number of esters is 2. The first-order valence-corrected chi connectivity index (χ1v) is 13.0. The number of carbonyl (C=O) groups is 2. The number of hydrogen-bond acceptors (Lipinski definition) is 9.